The van der Waals surface area contributed by atoms with E-state index in [1.165, 1.54) is 5.39 Å². The Morgan fingerprint density at radius 2 is 1.35 bits per heavy atom. The Balaban J connectivity index is 1.53. The first-order valence-electron chi connectivity index (χ1n) is 11.5. The molecule has 1 saturated heterocycles. The predicted molar refractivity (Wildman–Crippen MR) is 132 cm³/mol. The predicted octanol–water partition coefficient (Wildman–Crippen LogP) is 5.78. The Kier molecular flexibility index (Phi) is 5.28. The Morgan fingerprint density at radius 1 is 0.706 bits per heavy atom. The highest BCUT2D eigenvalue weighted by molar-refractivity contribution is 6.04. The summed E-state index contributed by atoms with van der Waals surface area (Å²) in [5.41, 5.74) is 1.42. The van der Waals surface area contributed by atoms with Gasteiger partial charge in [-0.15, -0.1) is 0 Å². The van der Waals surface area contributed by atoms with E-state index in [0.29, 0.717) is 30.4 Å². The van der Waals surface area contributed by atoms with E-state index >= 15 is 0 Å². The number of rotatable bonds is 4. The van der Waals surface area contributed by atoms with E-state index in [4.69, 9.17) is 19.4 Å². The molecule has 6 nitrogen and oxygen atoms in total. The summed E-state index contributed by atoms with van der Waals surface area (Å²) in [6.45, 7) is 1.32. The van der Waals surface area contributed by atoms with Gasteiger partial charge in [0.25, 0.3) is 0 Å². The number of nitrogens with zero attached hydrogens (tertiary/aromatic N) is 3. The molecular formula is C28H23N3O3. The van der Waals surface area contributed by atoms with Crippen LogP contribution in [0.25, 0.3) is 44.3 Å². The summed E-state index contributed by atoms with van der Waals surface area (Å²) in [4.78, 5) is 14.1. The van der Waals surface area contributed by atoms with Crippen LogP contribution in [0.4, 0.5) is 0 Å². The van der Waals surface area contributed by atoms with Gasteiger partial charge in [0.15, 0.2) is 11.6 Å². The summed E-state index contributed by atoms with van der Waals surface area (Å²) >= 11 is 0. The van der Waals surface area contributed by atoms with E-state index in [9.17, 15) is 5.11 Å². The Bertz CT molecular complexity index is 1500. The van der Waals surface area contributed by atoms with Crippen LogP contribution < -0.4 is 4.74 Å². The molecule has 168 valence electrons. The monoisotopic (exact) mass is 449 g/mol. The van der Waals surface area contributed by atoms with Gasteiger partial charge in [0, 0.05) is 18.4 Å². The van der Waals surface area contributed by atoms with Crippen molar-refractivity contribution in [3.63, 3.8) is 0 Å². The minimum absolute atomic E-state index is 0.0160. The van der Waals surface area contributed by atoms with Crippen LogP contribution in [-0.4, -0.2) is 39.4 Å². The first-order valence-corrected chi connectivity index (χ1v) is 11.5. The lowest BCUT2D eigenvalue weighted by Crippen LogP contribution is -2.26. The Labute approximate surface area is 196 Å². The fraction of sp³-hybridized carbons (Fsp3) is 0.179. The fourth-order valence-electron chi connectivity index (χ4n) is 4.42. The van der Waals surface area contributed by atoms with Crippen LogP contribution in [0, 0.1) is 0 Å². The number of ether oxygens (including phenoxy) is 2. The van der Waals surface area contributed by atoms with Crippen molar-refractivity contribution in [2.45, 2.75) is 18.9 Å². The molecule has 0 aliphatic carbocycles. The largest absolute Gasteiger partial charge is 0.507 e. The molecule has 1 fully saturated rings. The third-order valence-electron chi connectivity index (χ3n) is 6.19. The highest BCUT2D eigenvalue weighted by Gasteiger charge is 2.20. The molecule has 0 unspecified atom stereocenters. The second-order valence-electron chi connectivity index (χ2n) is 8.44. The van der Waals surface area contributed by atoms with Gasteiger partial charge < -0.3 is 14.6 Å². The molecule has 1 aromatic heterocycles. The van der Waals surface area contributed by atoms with Crippen LogP contribution in [-0.2, 0) is 4.74 Å². The second-order valence-corrected chi connectivity index (χ2v) is 8.44. The van der Waals surface area contributed by atoms with Crippen LogP contribution in [0.15, 0.2) is 78.9 Å². The van der Waals surface area contributed by atoms with E-state index in [-0.39, 0.29) is 17.9 Å². The maximum absolute atomic E-state index is 10.5. The third kappa shape index (κ3) is 3.93. The average molecular weight is 450 g/mol. The molecule has 1 N–H and O–H groups in total. The molecule has 6 rings (SSSR count). The van der Waals surface area contributed by atoms with Crippen molar-refractivity contribution in [1.29, 1.82) is 0 Å². The van der Waals surface area contributed by atoms with Crippen molar-refractivity contribution in [3.05, 3.63) is 78.9 Å². The lowest BCUT2D eigenvalue weighted by atomic mass is 9.99. The molecule has 4 aromatic carbocycles. The van der Waals surface area contributed by atoms with E-state index in [1.807, 2.05) is 30.3 Å². The number of phenolic OH excluding ortho intramolecular Hbond substituents is 1. The topological polar surface area (TPSA) is 77.4 Å². The maximum atomic E-state index is 10.5. The number of benzene rings is 4. The highest BCUT2D eigenvalue weighted by atomic mass is 16.5. The Morgan fingerprint density at radius 3 is 2.15 bits per heavy atom. The molecule has 6 heteroatoms. The zero-order valence-electron chi connectivity index (χ0n) is 18.5. The number of hydrogen-bond donors (Lipinski definition) is 1. The van der Waals surface area contributed by atoms with Crippen LogP contribution in [0.1, 0.15) is 12.8 Å². The van der Waals surface area contributed by atoms with E-state index < -0.39 is 0 Å². The van der Waals surface area contributed by atoms with Gasteiger partial charge in [-0.3, -0.25) is 0 Å². The summed E-state index contributed by atoms with van der Waals surface area (Å²) in [7, 11) is 0. The SMILES string of the molecule is Oc1ccccc1-c1nc(OC2CCOCC2)nc(-c2cccc3cc4ccccc4cc23)n1. The van der Waals surface area contributed by atoms with Crippen LogP contribution in [0.5, 0.6) is 11.8 Å². The lowest BCUT2D eigenvalue weighted by Gasteiger charge is -2.22. The summed E-state index contributed by atoms with van der Waals surface area (Å²) in [6, 6.07) is 26.1. The second kappa shape index (κ2) is 8.72. The summed E-state index contributed by atoms with van der Waals surface area (Å²) < 4.78 is 11.6. The van der Waals surface area contributed by atoms with Gasteiger partial charge in [0.1, 0.15) is 11.9 Å². The summed E-state index contributed by atoms with van der Waals surface area (Å²) in [5.74, 6) is 1.000. The average Bonchev–Trinajstić information content (AvgIpc) is 2.88. The van der Waals surface area contributed by atoms with E-state index in [1.54, 1.807) is 18.2 Å². The standard InChI is InChI=1S/C28H23N3O3/c32-25-11-4-3-9-23(25)27-29-26(30-28(31-27)34-21-12-14-33-15-13-21)22-10-5-8-20-16-18-6-1-2-7-19(18)17-24(20)22/h1-11,16-17,21,32H,12-15H2. The molecule has 0 spiro atoms. The number of fused-ring (bicyclic) bond motifs is 2. The third-order valence-corrected chi connectivity index (χ3v) is 6.19. The Hall–Kier alpha value is -4.03. The van der Waals surface area contributed by atoms with Gasteiger partial charge in [-0.1, -0.05) is 54.6 Å². The first kappa shape index (κ1) is 20.6. The van der Waals surface area contributed by atoms with Gasteiger partial charge in [0.2, 0.25) is 0 Å². The van der Waals surface area contributed by atoms with Gasteiger partial charge in [-0.05, 0) is 45.8 Å². The number of aromatic nitrogens is 3. The number of phenols is 1. The zero-order chi connectivity index (χ0) is 22.9. The van der Waals surface area contributed by atoms with Crippen molar-refractivity contribution in [3.8, 4) is 34.5 Å². The summed E-state index contributed by atoms with van der Waals surface area (Å²) in [5, 5.41) is 15.0. The maximum Gasteiger partial charge on any atom is 0.320 e. The minimum atomic E-state index is -0.0160. The molecule has 0 amide bonds. The molecule has 2 heterocycles. The normalized spacial score (nSPS) is 14.5. The molecule has 34 heavy (non-hydrogen) atoms. The van der Waals surface area contributed by atoms with Crippen molar-refractivity contribution < 1.29 is 14.6 Å². The quantitative estimate of drug-likeness (QED) is 0.351. The van der Waals surface area contributed by atoms with Gasteiger partial charge >= 0.3 is 6.01 Å². The number of aromatic hydroxyl groups is 1. The van der Waals surface area contributed by atoms with E-state index in [2.05, 4.69) is 35.3 Å². The van der Waals surface area contributed by atoms with Crippen molar-refractivity contribution in [2.75, 3.05) is 13.2 Å². The number of hydrogen-bond acceptors (Lipinski definition) is 6. The molecule has 0 atom stereocenters. The smallest absolute Gasteiger partial charge is 0.320 e. The molecule has 1 aliphatic heterocycles. The van der Waals surface area contributed by atoms with Crippen molar-refractivity contribution >= 4 is 21.5 Å². The number of para-hydroxylation sites is 1. The molecule has 0 radical (unpaired) electrons. The molecule has 1 aliphatic rings. The van der Waals surface area contributed by atoms with Gasteiger partial charge in [0.05, 0.1) is 18.8 Å². The molecule has 0 saturated carbocycles. The minimum Gasteiger partial charge on any atom is -0.507 e. The van der Waals surface area contributed by atoms with Crippen molar-refractivity contribution in [1.82, 2.24) is 15.0 Å². The molecule has 5 aromatic rings. The van der Waals surface area contributed by atoms with Crippen LogP contribution in [0.3, 0.4) is 0 Å². The van der Waals surface area contributed by atoms with Crippen LogP contribution in [0.2, 0.25) is 0 Å². The van der Waals surface area contributed by atoms with Gasteiger partial charge in [-0.25, -0.2) is 4.98 Å². The zero-order valence-corrected chi connectivity index (χ0v) is 18.5. The summed E-state index contributed by atoms with van der Waals surface area (Å²) in [6.07, 6.45) is 1.55. The van der Waals surface area contributed by atoms with Gasteiger partial charge in [-0.2, -0.15) is 9.97 Å². The first-order chi connectivity index (χ1) is 16.7. The molecular weight excluding hydrogens is 426 g/mol. The lowest BCUT2D eigenvalue weighted by molar-refractivity contribution is 0.0217. The van der Waals surface area contributed by atoms with E-state index in [0.717, 1.165) is 34.6 Å². The van der Waals surface area contributed by atoms with Crippen LogP contribution >= 0.6 is 0 Å². The fourth-order valence-corrected chi connectivity index (χ4v) is 4.42. The van der Waals surface area contributed by atoms with Crippen molar-refractivity contribution in [2.24, 2.45) is 0 Å². The molecule has 0 bridgehead atoms. The highest BCUT2D eigenvalue weighted by Crippen LogP contribution is 2.33.